The lowest BCUT2D eigenvalue weighted by molar-refractivity contribution is -0.191. The lowest BCUT2D eigenvalue weighted by atomic mass is 9.96. The number of nitrogens with zero attached hydrogens (tertiary/aromatic N) is 3. The van der Waals surface area contributed by atoms with E-state index in [1.807, 2.05) is 0 Å². The summed E-state index contributed by atoms with van der Waals surface area (Å²) in [5.41, 5.74) is 2.17. The summed E-state index contributed by atoms with van der Waals surface area (Å²) in [6.45, 7) is 10.9. The largest absolute Gasteiger partial charge is 0.471 e. The smallest absolute Gasteiger partial charge is 0.317 e. The lowest BCUT2D eigenvalue weighted by Crippen LogP contribution is -2.46. The fourth-order valence-corrected chi connectivity index (χ4v) is 3.37. The molecule has 0 aliphatic heterocycles. The van der Waals surface area contributed by atoms with Gasteiger partial charge in [-0.1, -0.05) is 24.3 Å². The van der Waals surface area contributed by atoms with Crippen molar-refractivity contribution in [1.29, 1.82) is 0 Å². The standard InChI is InChI=1S/C22H24F3N3O/c1-5-9-17(19-15(3)11-7-13-26-19)28(21(29)22(23,24)25)18(10-6-2)20-16(4)12-8-14-27-20/h5-8,11-14,17-18H,1-2,9-10H2,3-4H3. The first-order chi connectivity index (χ1) is 13.7. The van der Waals surface area contributed by atoms with E-state index in [0.717, 1.165) is 4.90 Å². The van der Waals surface area contributed by atoms with Gasteiger partial charge in [-0.05, 0) is 49.9 Å². The molecule has 0 aliphatic carbocycles. The zero-order valence-electron chi connectivity index (χ0n) is 16.5. The second-order valence-corrected chi connectivity index (χ2v) is 6.70. The molecule has 0 bridgehead atoms. The second-order valence-electron chi connectivity index (χ2n) is 6.70. The number of carbonyl (C=O) groups is 1. The molecule has 2 atom stereocenters. The normalized spacial score (nSPS) is 13.4. The third kappa shape index (κ3) is 5.10. The van der Waals surface area contributed by atoms with Gasteiger partial charge < -0.3 is 4.90 Å². The highest BCUT2D eigenvalue weighted by molar-refractivity contribution is 5.83. The van der Waals surface area contributed by atoms with Gasteiger partial charge in [-0.3, -0.25) is 14.8 Å². The van der Waals surface area contributed by atoms with Crippen LogP contribution in [0.1, 0.15) is 47.4 Å². The molecule has 154 valence electrons. The number of carbonyl (C=O) groups excluding carboxylic acids is 1. The molecule has 29 heavy (non-hydrogen) atoms. The monoisotopic (exact) mass is 403 g/mol. The number of amides is 1. The molecule has 2 unspecified atom stereocenters. The fourth-order valence-electron chi connectivity index (χ4n) is 3.37. The molecule has 0 spiro atoms. The molecule has 0 saturated carbocycles. The summed E-state index contributed by atoms with van der Waals surface area (Å²) in [6, 6.07) is 5.00. The number of hydrogen-bond acceptors (Lipinski definition) is 3. The summed E-state index contributed by atoms with van der Waals surface area (Å²) in [5, 5.41) is 0. The summed E-state index contributed by atoms with van der Waals surface area (Å²) < 4.78 is 40.9. The van der Waals surface area contributed by atoms with Crippen molar-refractivity contribution in [3.8, 4) is 0 Å². The topological polar surface area (TPSA) is 46.1 Å². The Labute approximate surface area is 168 Å². The van der Waals surface area contributed by atoms with Gasteiger partial charge in [-0.2, -0.15) is 13.2 Å². The Morgan fingerprint density at radius 3 is 1.72 bits per heavy atom. The van der Waals surface area contributed by atoms with Gasteiger partial charge in [-0.15, -0.1) is 13.2 Å². The van der Waals surface area contributed by atoms with Gasteiger partial charge in [0.15, 0.2) is 0 Å². The van der Waals surface area contributed by atoms with Gasteiger partial charge >= 0.3 is 12.1 Å². The minimum atomic E-state index is -5.05. The first kappa shape index (κ1) is 22.3. The van der Waals surface area contributed by atoms with E-state index in [4.69, 9.17) is 0 Å². The molecule has 1 amide bonds. The number of rotatable bonds is 8. The average Bonchev–Trinajstić information content (AvgIpc) is 2.67. The van der Waals surface area contributed by atoms with Crippen LogP contribution < -0.4 is 0 Å². The van der Waals surface area contributed by atoms with Crippen molar-refractivity contribution in [3.63, 3.8) is 0 Å². The molecule has 0 fully saturated rings. The van der Waals surface area contributed by atoms with Gasteiger partial charge in [0.1, 0.15) is 0 Å². The summed E-state index contributed by atoms with van der Waals surface area (Å²) in [4.78, 5) is 22.1. The molecular weight excluding hydrogens is 379 g/mol. The van der Waals surface area contributed by atoms with Crippen LogP contribution in [0.5, 0.6) is 0 Å². The predicted octanol–water partition coefficient (Wildman–Crippen LogP) is 5.42. The van der Waals surface area contributed by atoms with E-state index < -0.39 is 24.2 Å². The van der Waals surface area contributed by atoms with Gasteiger partial charge in [0.25, 0.3) is 0 Å². The number of halogens is 3. The number of aromatic nitrogens is 2. The molecule has 7 heteroatoms. The third-order valence-corrected chi connectivity index (χ3v) is 4.66. The van der Waals surface area contributed by atoms with Crippen LogP contribution in [0, 0.1) is 13.8 Å². The quantitative estimate of drug-likeness (QED) is 0.553. The van der Waals surface area contributed by atoms with Gasteiger partial charge in [0.2, 0.25) is 0 Å². The first-order valence-electron chi connectivity index (χ1n) is 9.16. The minimum Gasteiger partial charge on any atom is -0.317 e. The van der Waals surface area contributed by atoms with Crippen LogP contribution in [0.15, 0.2) is 62.0 Å². The van der Waals surface area contributed by atoms with E-state index in [-0.39, 0.29) is 12.8 Å². The van der Waals surface area contributed by atoms with E-state index in [9.17, 15) is 18.0 Å². The Morgan fingerprint density at radius 2 is 1.41 bits per heavy atom. The van der Waals surface area contributed by atoms with Gasteiger partial charge in [0.05, 0.1) is 23.5 Å². The third-order valence-electron chi connectivity index (χ3n) is 4.66. The van der Waals surface area contributed by atoms with Crippen LogP contribution in [-0.2, 0) is 4.79 Å². The van der Waals surface area contributed by atoms with Gasteiger partial charge in [0, 0.05) is 12.4 Å². The number of pyridine rings is 2. The van der Waals surface area contributed by atoms with Crippen molar-refractivity contribution in [2.45, 2.75) is 44.9 Å². The van der Waals surface area contributed by atoms with Crippen molar-refractivity contribution in [2.75, 3.05) is 0 Å². The lowest BCUT2D eigenvalue weighted by Gasteiger charge is -2.38. The molecule has 2 rings (SSSR count). The molecule has 0 saturated heterocycles. The highest BCUT2D eigenvalue weighted by Crippen LogP contribution is 2.39. The fraction of sp³-hybridized carbons (Fsp3) is 0.318. The van der Waals surface area contributed by atoms with Crippen LogP contribution in [0.25, 0.3) is 0 Å². The molecule has 0 aromatic carbocycles. The van der Waals surface area contributed by atoms with Crippen molar-refractivity contribution in [1.82, 2.24) is 14.9 Å². The van der Waals surface area contributed by atoms with Crippen LogP contribution in [0.3, 0.4) is 0 Å². The zero-order valence-corrected chi connectivity index (χ0v) is 16.5. The Balaban J connectivity index is 2.73. The highest BCUT2D eigenvalue weighted by Gasteiger charge is 2.48. The highest BCUT2D eigenvalue weighted by atomic mass is 19.4. The summed E-state index contributed by atoms with van der Waals surface area (Å²) in [6.07, 6.45) is 1.16. The molecular formula is C22H24F3N3O. The summed E-state index contributed by atoms with van der Waals surface area (Å²) in [5.74, 6) is -1.94. The molecule has 0 N–H and O–H groups in total. The maximum Gasteiger partial charge on any atom is 0.471 e. The Morgan fingerprint density at radius 1 is 1.00 bits per heavy atom. The van der Waals surface area contributed by atoms with E-state index in [1.165, 1.54) is 24.5 Å². The molecule has 0 aliphatic rings. The van der Waals surface area contributed by atoms with Crippen LogP contribution in [0.2, 0.25) is 0 Å². The Hall–Kier alpha value is -2.96. The van der Waals surface area contributed by atoms with E-state index in [0.29, 0.717) is 22.5 Å². The van der Waals surface area contributed by atoms with Crippen molar-refractivity contribution >= 4 is 5.91 Å². The molecule has 2 aromatic rings. The minimum absolute atomic E-state index is 0.110. The average molecular weight is 403 g/mol. The zero-order chi connectivity index (χ0) is 21.6. The second kappa shape index (κ2) is 9.49. The maximum atomic E-state index is 13.6. The number of hydrogen-bond donors (Lipinski definition) is 0. The van der Waals surface area contributed by atoms with Crippen LogP contribution in [-0.4, -0.2) is 27.0 Å². The first-order valence-corrected chi connectivity index (χ1v) is 9.16. The van der Waals surface area contributed by atoms with Crippen LogP contribution in [0.4, 0.5) is 13.2 Å². The summed E-state index contributed by atoms with van der Waals surface area (Å²) in [7, 11) is 0. The van der Waals surface area contributed by atoms with E-state index in [1.54, 1.807) is 38.1 Å². The van der Waals surface area contributed by atoms with E-state index in [2.05, 4.69) is 23.1 Å². The molecule has 4 nitrogen and oxygen atoms in total. The van der Waals surface area contributed by atoms with Crippen molar-refractivity contribution < 1.29 is 18.0 Å². The Bertz CT molecular complexity index is 820. The number of aryl methyl sites for hydroxylation is 2. The van der Waals surface area contributed by atoms with Crippen LogP contribution >= 0.6 is 0 Å². The molecule has 0 radical (unpaired) electrons. The van der Waals surface area contributed by atoms with Crippen molar-refractivity contribution in [3.05, 3.63) is 84.5 Å². The Kier molecular flexibility index (Phi) is 7.31. The van der Waals surface area contributed by atoms with E-state index >= 15 is 0 Å². The number of alkyl halides is 3. The predicted molar refractivity (Wildman–Crippen MR) is 106 cm³/mol. The maximum absolute atomic E-state index is 13.6. The molecule has 2 heterocycles. The van der Waals surface area contributed by atoms with Gasteiger partial charge in [-0.25, -0.2) is 0 Å². The van der Waals surface area contributed by atoms with Crippen molar-refractivity contribution in [2.24, 2.45) is 0 Å². The molecule has 2 aromatic heterocycles. The summed E-state index contributed by atoms with van der Waals surface area (Å²) >= 11 is 0. The SMILES string of the molecule is C=CCC(c1ncccc1C)N(C(=O)C(F)(F)F)C(CC=C)c1ncccc1C.